The van der Waals surface area contributed by atoms with Gasteiger partial charge in [-0.05, 0) is 37.3 Å². The van der Waals surface area contributed by atoms with Gasteiger partial charge >= 0.3 is 0 Å². The Labute approximate surface area is 166 Å². The van der Waals surface area contributed by atoms with Crippen LogP contribution in [0.5, 0.6) is 0 Å². The third kappa shape index (κ3) is 2.73. The zero-order valence-electron chi connectivity index (χ0n) is 15.5. The largest absolute Gasteiger partial charge is 0.334 e. The highest BCUT2D eigenvalue weighted by Crippen LogP contribution is 2.35. The fourth-order valence-electron chi connectivity index (χ4n) is 3.49. The number of imide groups is 1. The average molecular weight is 381 g/mol. The maximum atomic E-state index is 12.9. The summed E-state index contributed by atoms with van der Waals surface area (Å²) in [6, 6.07) is 21.6. The van der Waals surface area contributed by atoms with E-state index in [9.17, 15) is 9.59 Å². The van der Waals surface area contributed by atoms with Crippen molar-refractivity contribution in [3.63, 3.8) is 0 Å². The number of carbonyl (C=O) groups excluding carboxylic acids is 2. The predicted octanol–water partition coefficient (Wildman–Crippen LogP) is 4.51. The summed E-state index contributed by atoms with van der Waals surface area (Å²) in [5, 5.41) is 4.07. The molecule has 0 unspecified atom stereocenters. The molecule has 1 aliphatic rings. The highest BCUT2D eigenvalue weighted by atomic mass is 16.5. The van der Waals surface area contributed by atoms with Gasteiger partial charge < -0.3 is 4.52 Å². The maximum absolute atomic E-state index is 12.9. The molecule has 1 aliphatic heterocycles. The predicted molar refractivity (Wildman–Crippen MR) is 107 cm³/mol. The Morgan fingerprint density at radius 2 is 1.45 bits per heavy atom. The molecule has 3 aromatic carbocycles. The van der Waals surface area contributed by atoms with Crippen molar-refractivity contribution in [2.45, 2.75) is 6.92 Å². The molecular weight excluding hydrogens is 366 g/mol. The van der Waals surface area contributed by atoms with Crippen LogP contribution >= 0.6 is 0 Å². The van der Waals surface area contributed by atoms with Crippen LogP contribution in [0, 0.1) is 6.92 Å². The molecule has 0 aliphatic carbocycles. The van der Waals surface area contributed by atoms with Gasteiger partial charge in [0, 0.05) is 5.56 Å². The van der Waals surface area contributed by atoms with Gasteiger partial charge in [-0.3, -0.25) is 9.59 Å². The van der Waals surface area contributed by atoms with Gasteiger partial charge in [-0.15, -0.1) is 0 Å². The Balaban J connectivity index is 1.59. The first-order valence-corrected chi connectivity index (χ1v) is 9.11. The van der Waals surface area contributed by atoms with Crippen LogP contribution in [0.25, 0.3) is 22.8 Å². The molecule has 1 aromatic heterocycles. The molecule has 0 spiro atoms. The van der Waals surface area contributed by atoms with E-state index in [2.05, 4.69) is 10.1 Å². The van der Waals surface area contributed by atoms with Crippen molar-refractivity contribution in [1.82, 2.24) is 10.1 Å². The van der Waals surface area contributed by atoms with Crippen LogP contribution in [-0.2, 0) is 0 Å². The van der Waals surface area contributed by atoms with Gasteiger partial charge in [-0.1, -0.05) is 53.2 Å². The fourth-order valence-corrected chi connectivity index (χ4v) is 3.49. The molecule has 0 saturated heterocycles. The van der Waals surface area contributed by atoms with E-state index in [1.54, 1.807) is 48.5 Å². The Kier molecular flexibility index (Phi) is 3.84. The van der Waals surface area contributed by atoms with Gasteiger partial charge in [-0.2, -0.15) is 4.98 Å². The Bertz CT molecular complexity index is 1240. The number of rotatable bonds is 3. The molecule has 0 N–H and O–H groups in total. The number of aromatic nitrogens is 2. The summed E-state index contributed by atoms with van der Waals surface area (Å²) in [4.78, 5) is 31.4. The second-order valence-corrected chi connectivity index (χ2v) is 6.80. The number of hydrogen-bond donors (Lipinski definition) is 0. The van der Waals surface area contributed by atoms with Crippen LogP contribution in [0.2, 0.25) is 0 Å². The third-order valence-corrected chi connectivity index (χ3v) is 4.87. The normalized spacial score (nSPS) is 13.1. The second-order valence-electron chi connectivity index (χ2n) is 6.80. The molecule has 0 radical (unpaired) electrons. The number of anilines is 1. The molecule has 6 nitrogen and oxygen atoms in total. The Hall–Kier alpha value is -4.06. The van der Waals surface area contributed by atoms with Crippen molar-refractivity contribution in [3.8, 4) is 22.8 Å². The number of amides is 2. The lowest BCUT2D eigenvalue weighted by Crippen LogP contribution is -2.29. The van der Waals surface area contributed by atoms with Crippen LogP contribution in [0.4, 0.5) is 5.69 Å². The number of benzene rings is 3. The van der Waals surface area contributed by atoms with Crippen LogP contribution in [0.3, 0.4) is 0 Å². The van der Waals surface area contributed by atoms with Crippen LogP contribution < -0.4 is 4.90 Å². The van der Waals surface area contributed by atoms with E-state index in [0.717, 1.165) is 16.0 Å². The van der Waals surface area contributed by atoms with Crippen LogP contribution in [0.1, 0.15) is 26.3 Å². The lowest BCUT2D eigenvalue weighted by Gasteiger charge is -2.16. The van der Waals surface area contributed by atoms with E-state index in [0.29, 0.717) is 28.2 Å². The summed E-state index contributed by atoms with van der Waals surface area (Å²) in [5.74, 6) is -0.0394. The smallest absolute Gasteiger partial charge is 0.266 e. The number of para-hydroxylation sites is 1. The molecular formula is C23H15N3O3. The minimum Gasteiger partial charge on any atom is -0.334 e. The van der Waals surface area contributed by atoms with E-state index >= 15 is 0 Å². The van der Waals surface area contributed by atoms with Crippen LogP contribution in [0.15, 0.2) is 77.3 Å². The van der Waals surface area contributed by atoms with E-state index in [4.69, 9.17) is 4.52 Å². The lowest BCUT2D eigenvalue weighted by molar-refractivity contribution is 0.0926. The zero-order valence-corrected chi connectivity index (χ0v) is 15.5. The van der Waals surface area contributed by atoms with Crippen molar-refractivity contribution in [1.29, 1.82) is 0 Å². The van der Waals surface area contributed by atoms with Gasteiger partial charge in [0.15, 0.2) is 0 Å². The Morgan fingerprint density at radius 1 is 0.793 bits per heavy atom. The zero-order chi connectivity index (χ0) is 20.0. The topological polar surface area (TPSA) is 76.3 Å². The van der Waals surface area contributed by atoms with Gasteiger partial charge in [0.1, 0.15) is 0 Å². The van der Waals surface area contributed by atoms with Gasteiger partial charge in [0.2, 0.25) is 5.82 Å². The van der Waals surface area contributed by atoms with E-state index in [1.807, 2.05) is 31.2 Å². The minimum absolute atomic E-state index is 0.244. The molecule has 0 fully saturated rings. The van der Waals surface area contributed by atoms with Gasteiger partial charge in [0.25, 0.3) is 17.7 Å². The molecule has 6 heteroatoms. The van der Waals surface area contributed by atoms with Crippen molar-refractivity contribution in [2.75, 3.05) is 4.90 Å². The summed E-state index contributed by atoms with van der Waals surface area (Å²) in [5.41, 5.74) is 3.63. The molecule has 0 saturated carbocycles. The number of carbonyl (C=O) groups is 2. The highest BCUT2D eigenvalue weighted by molar-refractivity contribution is 6.35. The number of nitrogens with zero attached hydrogens (tertiary/aromatic N) is 3. The molecule has 4 aromatic rings. The maximum Gasteiger partial charge on any atom is 0.266 e. The van der Waals surface area contributed by atoms with E-state index < -0.39 is 0 Å². The monoisotopic (exact) mass is 381 g/mol. The molecule has 29 heavy (non-hydrogen) atoms. The first kappa shape index (κ1) is 17.1. The van der Waals surface area contributed by atoms with Crippen molar-refractivity contribution < 1.29 is 14.1 Å². The van der Waals surface area contributed by atoms with Gasteiger partial charge in [-0.25, -0.2) is 4.90 Å². The summed E-state index contributed by atoms with van der Waals surface area (Å²) in [6.07, 6.45) is 0. The Morgan fingerprint density at radius 3 is 2.14 bits per heavy atom. The lowest BCUT2D eigenvalue weighted by atomic mass is 10.1. The molecule has 0 bridgehead atoms. The van der Waals surface area contributed by atoms with Crippen molar-refractivity contribution in [2.24, 2.45) is 0 Å². The summed E-state index contributed by atoms with van der Waals surface area (Å²) >= 11 is 0. The number of aryl methyl sites for hydroxylation is 1. The minimum atomic E-state index is -0.364. The van der Waals surface area contributed by atoms with Crippen LogP contribution in [-0.4, -0.2) is 22.0 Å². The second kappa shape index (κ2) is 6.53. The SMILES string of the molecule is Cc1cccc(-c2noc(-c3ccccc3N3C(=O)c4ccccc4C3=O)n2)c1. The first-order chi connectivity index (χ1) is 14.1. The average Bonchev–Trinajstić information content (AvgIpc) is 3.33. The van der Waals surface area contributed by atoms with Crippen molar-refractivity contribution in [3.05, 3.63) is 89.5 Å². The van der Waals surface area contributed by atoms with E-state index in [-0.39, 0.29) is 17.7 Å². The quantitative estimate of drug-likeness (QED) is 0.488. The van der Waals surface area contributed by atoms with Crippen molar-refractivity contribution >= 4 is 17.5 Å². The first-order valence-electron chi connectivity index (χ1n) is 9.11. The molecule has 140 valence electrons. The summed E-state index contributed by atoms with van der Waals surface area (Å²) in [6.45, 7) is 1.99. The van der Waals surface area contributed by atoms with E-state index in [1.165, 1.54) is 0 Å². The summed E-state index contributed by atoms with van der Waals surface area (Å²) in [7, 11) is 0. The molecule has 0 atom stereocenters. The number of hydrogen-bond acceptors (Lipinski definition) is 5. The summed E-state index contributed by atoms with van der Waals surface area (Å²) < 4.78 is 5.48. The molecule has 5 rings (SSSR count). The number of fused-ring (bicyclic) bond motifs is 1. The molecule has 2 heterocycles. The third-order valence-electron chi connectivity index (χ3n) is 4.87. The highest BCUT2D eigenvalue weighted by Gasteiger charge is 2.37. The standard InChI is InChI=1S/C23H15N3O3/c1-14-7-6-8-15(13-14)20-24-21(29-25-20)18-11-4-5-12-19(18)26-22(27)16-9-2-3-10-17(16)23(26)28/h2-13H,1H3. The molecule has 2 amide bonds. The fraction of sp³-hybridized carbons (Fsp3) is 0.0435. The van der Waals surface area contributed by atoms with Gasteiger partial charge in [0.05, 0.1) is 22.4 Å².